The Morgan fingerprint density at radius 1 is 0.722 bits per heavy atom. The highest BCUT2D eigenvalue weighted by Gasteiger charge is 2.49. The molecule has 3 aromatic carbocycles. The van der Waals surface area contributed by atoms with Crippen LogP contribution in [0.2, 0.25) is 0 Å². The lowest BCUT2D eigenvalue weighted by molar-refractivity contribution is -0.281. The van der Waals surface area contributed by atoms with Gasteiger partial charge in [0.15, 0.2) is 11.9 Å². The van der Waals surface area contributed by atoms with Crippen molar-refractivity contribution in [2.24, 2.45) is 0 Å². The molecule has 54 heavy (non-hydrogen) atoms. The summed E-state index contributed by atoms with van der Waals surface area (Å²) >= 11 is 0. The van der Waals surface area contributed by atoms with Gasteiger partial charge >= 0.3 is 5.97 Å². The number of phenolic OH excluding ortho intramolecular Hbond substituents is 3. The number of rotatable bonds is 10. The molecule has 2 aliphatic rings. The van der Waals surface area contributed by atoms with Crippen molar-refractivity contribution in [1.82, 2.24) is 0 Å². The average molecular weight is 757 g/mol. The van der Waals surface area contributed by atoms with Gasteiger partial charge < -0.3 is 79.2 Å². The number of phenols is 3. The number of fused-ring (bicyclic) bond motifs is 1. The lowest BCUT2D eigenvalue weighted by Gasteiger charge is -2.41. The fourth-order valence-corrected chi connectivity index (χ4v) is 5.85. The first kappa shape index (κ1) is 38.4. The SMILES string of the molecule is O=C(C=Cc1ccc(O)cc1)O[C@H]1[C@H](Oc2c(-c3ccc(O)cc3)oc3cc(O[C@@H]4O[C@H](CO)[C@@H](O)[C@H](O)[C@H]4O)cc(O)c3c2=O)O[C@H](CO)[C@H](O)[C@@H]1O. The molecule has 4 aromatic rings. The molecule has 2 aliphatic heterocycles. The van der Waals surface area contributed by atoms with Crippen molar-refractivity contribution >= 4 is 23.0 Å². The Bertz CT molecular complexity index is 2030. The minimum atomic E-state index is -1.92. The van der Waals surface area contributed by atoms with Gasteiger partial charge in [0.05, 0.1) is 13.2 Å². The van der Waals surface area contributed by atoms with Crippen molar-refractivity contribution in [2.45, 2.75) is 61.4 Å². The zero-order chi connectivity index (χ0) is 38.8. The van der Waals surface area contributed by atoms with E-state index in [0.717, 1.165) is 18.2 Å². The number of aromatic hydroxyl groups is 3. The Morgan fingerprint density at radius 2 is 1.31 bits per heavy atom. The summed E-state index contributed by atoms with van der Waals surface area (Å²) in [6, 6.07) is 13.0. The smallest absolute Gasteiger partial charge is 0.331 e. The number of carbonyl (C=O) groups excluding carboxylic acids is 1. The van der Waals surface area contributed by atoms with E-state index in [-0.39, 0.29) is 34.2 Å². The molecule has 0 spiro atoms. The Kier molecular flexibility index (Phi) is 11.4. The van der Waals surface area contributed by atoms with Crippen molar-refractivity contribution in [3.63, 3.8) is 0 Å². The molecule has 0 aliphatic carbocycles. The molecule has 0 bridgehead atoms. The highest BCUT2D eigenvalue weighted by Crippen LogP contribution is 2.39. The summed E-state index contributed by atoms with van der Waals surface area (Å²) in [4.78, 5) is 27.1. The van der Waals surface area contributed by atoms with Crippen LogP contribution in [0.1, 0.15) is 5.56 Å². The third-order valence-corrected chi connectivity index (χ3v) is 8.75. The van der Waals surface area contributed by atoms with Crippen LogP contribution in [0.4, 0.5) is 0 Å². The Balaban J connectivity index is 1.38. The van der Waals surface area contributed by atoms with Gasteiger partial charge in [-0.05, 0) is 48.0 Å². The van der Waals surface area contributed by atoms with E-state index in [1.165, 1.54) is 54.6 Å². The fraction of sp³-hybridized carbons (Fsp3) is 0.333. The van der Waals surface area contributed by atoms with Gasteiger partial charge in [-0.1, -0.05) is 12.1 Å². The van der Waals surface area contributed by atoms with E-state index in [9.17, 15) is 60.7 Å². The molecule has 2 fully saturated rings. The maximum atomic E-state index is 14.2. The van der Waals surface area contributed by atoms with Crippen LogP contribution in [-0.4, -0.2) is 132 Å². The largest absolute Gasteiger partial charge is 0.508 e. The van der Waals surface area contributed by atoms with Crippen molar-refractivity contribution in [2.75, 3.05) is 13.2 Å². The van der Waals surface area contributed by atoms with Crippen molar-refractivity contribution < 1.29 is 84.0 Å². The monoisotopic (exact) mass is 756 g/mol. The summed E-state index contributed by atoms with van der Waals surface area (Å²) in [5, 5.41) is 102. The summed E-state index contributed by atoms with van der Waals surface area (Å²) in [6.45, 7) is -1.58. The second kappa shape index (κ2) is 16.0. The normalized spacial score (nSPS) is 28.6. The van der Waals surface area contributed by atoms with E-state index in [1.54, 1.807) is 0 Å². The average Bonchev–Trinajstić information content (AvgIpc) is 3.15. The Labute approximate surface area is 304 Å². The molecule has 0 radical (unpaired) electrons. The summed E-state index contributed by atoms with van der Waals surface area (Å²) in [7, 11) is 0. The standard InChI is InChI=1S/C36H36O18/c37-13-22-26(43)29(46)31(48)35(51-22)49-19-11-20(41)25-21(12-19)50-32(16-4-8-18(40)9-5-16)33(28(25)45)54-36-34(30(47)27(44)23(14-38)52-36)53-24(42)10-3-15-1-6-17(39)7-2-15/h1-12,22-23,26-27,29-31,34-41,43-44,46-48H,13-14H2/t22-,23-,26-,27+,29+,30+,31-,34-,35-,36+/m1/s1. The minimum absolute atomic E-state index is 0.00960. The van der Waals surface area contributed by atoms with Gasteiger partial charge in [0.25, 0.3) is 0 Å². The first-order valence-corrected chi connectivity index (χ1v) is 16.4. The highest BCUT2D eigenvalue weighted by molar-refractivity contribution is 5.89. The van der Waals surface area contributed by atoms with Gasteiger partial charge in [0, 0.05) is 23.8 Å². The molecule has 10 atom stereocenters. The van der Waals surface area contributed by atoms with E-state index in [4.69, 9.17) is 28.1 Å². The van der Waals surface area contributed by atoms with Crippen LogP contribution in [0.5, 0.6) is 28.7 Å². The molecule has 0 unspecified atom stereocenters. The Morgan fingerprint density at radius 3 is 1.94 bits per heavy atom. The number of hydrogen-bond donors (Lipinski definition) is 10. The number of hydrogen-bond acceptors (Lipinski definition) is 18. The zero-order valence-electron chi connectivity index (χ0n) is 27.9. The predicted molar refractivity (Wildman–Crippen MR) is 181 cm³/mol. The molecular formula is C36H36O18. The fourth-order valence-electron chi connectivity index (χ4n) is 5.85. The number of aliphatic hydroxyl groups excluding tert-OH is 7. The van der Waals surface area contributed by atoms with Crippen LogP contribution in [-0.2, 0) is 19.0 Å². The number of benzene rings is 3. The van der Waals surface area contributed by atoms with Gasteiger partial charge in [-0.25, -0.2) is 4.79 Å². The van der Waals surface area contributed by atoms with Crippen molar-refractivity contribution in [3.8, 4) is 40.1 Å². The number of carbonyl (C=O) groups is 1. The van der Waals surface area contributed by atoms with E-state index in [2.05, 4.69) is 0 Å². The molecule has 0 saturated carbocycles. The quantitative estimate of drug-likeness (QED) is 0.0700. The summed E-state index contributed by atoms with van der Waals surface area (Å²) < 4.78 is 34.0. The second-order valence-electron chi connectivity index (χ2n) is 12.4. The van der Waals surface area contributed by atoms with Crippen LogP contribution in [0.15, 0.2) is 76.0 Å². The molecule has 6 rings (SSSR count). The van der Waals surface area contributed by atoms with E-state index in [1.807, 2.05) is 0 Å². The van der Waals surface area contributed by atoms with Crippen LogP contribution in [0.25, 0.3) is 28.4 Å². The number of aliphatic hydroxyl groups is 7. The maximum absolute atomic E-state index is 14.2. The summed E-state index contributed by atoms with van der Waals surface area (Å²) in [5.41, 5.74) is -0.766. The molecule has 3 heterocycles. The number of ether oxygens (including phenoxy) is 5. The van der Waals surface area contributed by atoms with Crippen LogP contribution in [0.3, 0.4) is 0 Å². The Hall–Kier alpha value is -5.28. The third kappa shape index (κ3) is 7.82. The topological polar surface area (TPSA) is 296 Å². The first-order valence-electron chi connectivity index (χ1n) is 16.4. The van der Waals surface area contributed by atoms with E-state index < -0.39 is 103 Å². The molecule has 2 saturated heterocycles. The van der Waals surface area contributed by atoms with Gasteiger partial charge in [-0.15, -0.1) is 0 Å². The van der Waals surface area contributed by atoms with E-state index >= 15 is 0 Å². The molecule has 1 aromatic heterocycles. The van der Waals surface area contributed by atoms with Gasteiger partial charge in [0.1, 0.15) is 76.7 Å². The molecule has 18 nitrogen and oxygen atoms in total. The maximum Gasteiger partial charge on any atom is 0.331 e. The molecular weight excluding hydrogens is 720 g/mol. The number of esters is 1. The van der Waals surface area contributed by atoms with Gasteiger partial charge in [-0.2, -0.15) is 0 Å². The van der Waals surface area contributed by atoms with E-state index in [0.29, 0.717) is 5.56 Å². The van der Waals surface area contributed by atoms with Crippen LogP contribution < -0.4 is 14.9 Å². The van der Waals surface area contributed by atoms with Gasteiger partial charge in [-0.3, -0.25) is 4.79 Å². The first-order chi connectivity index (χ1) is 25.8. The molecule has 0 amide bonds. The van der Waals surface area contributed by atoms with Crippen LogP contribution in [0, 0.1) is 0 Å². The predicted octanol–water partition coefficient (Wildman–Crippen LogP) is -0.802. The zero-order valence-corrected chi connectivity index (χ0v) is 27.9. The lowest BCUT2D eigenvalue weighted by Crippen LogP contribution is -2.61. The van der Waals surface area contributed by atoms with Crippen molar-refractivity contribution in [1.29, 1.82) is 0 Å². The highest BCUT2D eigenvalue weighted by atomic mass is 16.7. The molecule has 18 heteroatoms. The van der Waals surface area contributed by atoms with Gasteiger partial charge in [0.2, 0.25) is 23.8 Å². The summed E-state index contributed by atoms with van der Waals surface area (Å²) in [5.74, 6) is -3.25. The molecule has 10 N–H and O–H groups in total. The minimum Gasteiger partial charge on any atom is -0.508 e. The van der Waals surface area contributed by atoms with Crippen molar-refractivity contribution in [3.05, 3.63) is 82.5 Å². The second-order valence-corrected chi connectivity index (χ2v) is 12.4. The lowest BCUT2D eigenvalue weighted by atomic mass is 9.99. The van der Waals surface area contributed by atoms with Crippen LogP contribution >= 0.6 is 0 Å². The summed E-state index contributed by atoms with van der Waals surface area (Å²) in [6.07, 6.45) is -14.8. The third-order valence-electron chi connectivity index (χ3n) is 8.75. The molecule has 288 valence electrons.